The molecule has 0 aliphatic rings. The Bertz CT molecular complexity index is 465. The van der Waals surface area contributed by atoms with Gasteiger partial charge < -0.3 is 10.2 Å². The highest BCUT2D eigenvalue weighted by Crippen LogP contribution is 2.01. The molecule has 4 nitrogen and oxygen atoms in total. The van der Waals surface area contributed by atoms with Crippen LogP contribution in [0.1, 0.15) is 26.3 Å². The molecule has 0 heterocycles. The lowest BCUT2D eigenvalue weighted by Crippen LogP contribution is -2.46. The van der Waals surface area contributed by atoms with E-state index in [2.05, 4.69) is 5.32 Å². The van der Waals surface area contributed by atoms with Gasteiger partial charge in [-0.25, -0.2) is 0 Å². The molecule has 1 unspecified atom stereocenters. The summed E-state index contributed by atoms with van der Waals surface area (Å²) >= 11 is 0. The first kappa shape index (κ1) is 16.0. The Labute approximate surface area is 120 Å². The second kappa shape index (κ2) is 8.15. The Morgan fingerprint density at radius 3 is 2.35 bits per heavy atom. The lowest BCUT2D eigenvalue weighted by Gasteiger charge is -2.23. The molecule has 0 saturated heterocycles. The highest BCUT2D eigenvalue weighted by atomic mass is 16.2. The van der Waals surface area contributed by atoms with Gasteiger partial charge in [0.05, 0.1) is 0 Å². The van der Waals surface area contributed by atoms with Gasteiger partial charge >= 0.3 is 0 Å². The molecule has 4 heteroatoms. The first-order valence-corrected chi connectivity index (χ1v) is 6.90. The van der Waals surface area contributed by atoms with E-state index in [1.165, 1.54) is 6.08 Å². The first-order valence-electron chi connectivity index (χ1n) is 6.90. The maximum absolute atomic E-state index is 12.0. The van der Waals surface area contributed by atoms with Gasteiger partial charge in [0.15, 0.2) is 0 Å². The van der Waals surface area contributed by atoms with Crippen LogP contribution in [0.3, 0.4) is 0 Å². The number of benzene rings is 1. The molecular formula is C16H22N2O2. The standard InChI is InChI=1S/C16H22N2O2/c1-4-18(5-2)16(20)13(3)17-15(19)12-11-14-9-7-6-8-10-14/h6-13H,4-5H2,1-3H3,(H,17,19)/b12-11+. The number of likely N-dealkylation sites (N-methyl/N-ethyl adjacent to an activating group) is 1. The van der Waals surface area contributed by atoms with Crippen molar-refractivity contribution in [2.24, 2.45) is 0 Å². The van der Waals surface area contributed by atoms with Crippen LogP contribution < -0.4 is 5.32 Å². The molecule has 0 radical (unpaired) electrons. The molecular weight excluding hydrogens is 252 g/mol. The van der Waals surface area contributed by atoms with E-state index in [0.29, 0.717) is 13.1 Å². The predicted octanol–water partition coefficient (Wildman–Crippen LogP) is 2.07. The molecule has 0 bridgehead atoms. The molecule has 1 aromatic carbocycles. The zero-order chi connectivity index (χ0) is 15.0. The highest BCUT2D eigenvalue weighted by Gasteiger charge is 2.18. The quantitative estimate of drug-likeness (QED) is 0.807. The molecule has 20 heavy (non-hydrogen) atoms. The number of nitrogens with one attached hydrogen (secondary N) is 1. The summed E-state index contributed by atoms with van der Waals surface area (Å²) in [5.41, 5.74) is 0.949. The molecule has 0 aliphatic heterocycles. The van der Waals surface area contributed by atoms with Crippen LogP contribution in [0.4, 0.5) is 0 Å². The minimum absolute atomic E-state index is 0.0588. The topological polar surface area (TPSA) is 49.4 Å². The molecule has 2 amide bonds. The van der Waals surface area contributed by atoms with E-state index < -0.39 is 6.04 Å². The molecule has 108 valence electrons. The predicted molar refractivity (Wildman–Crippen MR) is 81.0 cm³/mol. The van der Waals surface area contributed by atoms with Crippen LogP contribution in [0.2, 0.25) is 0 Å². The van der Waals surface area contributed by atoms with Gasteiger partial charge in [-0.2, -0.15) is 0 Å². The van der Waals surface area contributed by atoms with Crippen molar-refractivity contribution < 1.29 is 9.59 Å². The number of carbonyl (C=O) groups is 2. The minimum atomic E-state index is -0.511. The summed E-state index contributed by atoms with van der Waals surface area (Å²) in [5, 5.41) is 2.68. The van der Waals surface area contributed by atoms with Gasteiger partial charge in [-0.3, -0.25) is 9.59 Å². The van der Waals surface area contributed by atoms with E-state index in [4.69, 9.17) is 0 Å². The van der Waals surface area contributed by atoms with Crippen molar-refractivity contribution in [3.05, 3.63) is 42.0 Å². The summed E-state index contributed by atoms with van der Waals surface area (Å²) in [6.45, 7) is 6.84. The van der Waals surface area contributed by atoms with E-state index in [-0.39, 0.29) is 11.8 Å². The summed E-state index contributed by atoms with van der Waals surface area (Å²) in [7, 11) is 0. The largest absolute Gasteiger partial charge is 0.341 e. The van der Waals surface area contributed by atoms with Crippen molar-refractivity contribution in [1.29, 1.82) is 0 Å². The van der Waals surface area contributed by atoms with Crippen molar-refractivity contribution in [2.75, 3.05) is 13.1 Å². The zero-order valence-electron chi connectivity index (χ0n) is 12.3. The summed E-state index contributed by atoms with van der Waals surface area (Å²) in [4.78, 5) is 25.5. The highest BCUT2D eigenvalue weighted by molar-refractivity contribution is 5.95. The molecule has 1 rings (SSSR count). The average Bonchev–Trinajstić information content (AvgIpc) is 2.47. The van der Waals surface area contributed by atoms with Gasteiger partial charge in [-0.1, -0.05) is 30.3 Å². The maximum atomic E-state index is 12.0. The fourth-order valence-corrected chi connectivity index (χ4v) is 1.87. The smallest absolute Gasteiger partial charge is 0.244 e. The van der Waals surface area contributed by atoms with Crippen LogP contribution in [0.15, 0.2) is 36.4 Å². The van der Waals surface area contributed by atoms with Gasteiger partial charge in [-0.15, -0.1) is 0 Å². The molecule has 1 aromatic rings. The monoisotopic (exact) mass is 274 g/mol. The van der Waals surface area contributed by atoms with Crippen LogP contribution in [-0.4, -0.2) is 35.8 Å². The Hall–Kier alpha value is -2.10. The third-order valence-electron chi connectivity index (χ3n) is 3.03. The summed E-state index contributed by atoms with van der Waals surface area (Å²) < 4.78 is 0. The number of rotatable bonds is 6. The summed E-state index contributed by atoms with van der Waals surface area (Å²) in [5.74, 6) is -0.321. The third kappa shape index (κ3) is 4.88. The van der Waals surface area contributed by atoms with E-state index in [0.717, 1.165) is 5.56 Å². The lowest BCUT2D eigenvalue weighted by molar-refractivity contribution is -0.134. The summed E-state index contributed by atoms with van der Waals surface area (Å²) in [6, 6.07) is 9.04. The van der Waals surface area contributed by atoms with Crippen molar-refractivity contribution in [1.82, 2.24) is 10.2 Å². The molecule has 0 saturated carbocycles. The van der Waals surface area contributed by atoms with Gasteiger partial charge in [0, 0.05) is 19.2 Å². The van der Waals surface area contributed by atoms with Gasteiger partial charge in [-0.05, 0) is 32.4 Å². The second-order valence-electron chi connectivity index (χ2n) is 4.48. The van der Waals surface area contributed by atoms with Crippen LogP contribution in [-0.2, 0) is 9.59 Å². The lowest BCUT2D eigenvalue weighted by atomic mass is 10.2. The molecule has 0 aromatic heterocycles. The Kier molecular flexibility index (Phi) is 6.50. The number of hydrogen-bond acceptors (Lipinski definition) is 2. The minimum Gasteiger partial charge on any atom is -0.341 e. The van der Waals surface area contributed by atoms with Crippen molar-refractivity contribution in [3.8, 4) is 0 Å². The molecule has 1 N–H and O–H groups in total. The normalized spacial score (nSPS) is 12.2. The van der Waals surface area contributed by atoms with E-state index in [1.54, 1.807) is 17.9 Å². The van der Waals surface area contributed by atoms with E-state index in [9.17, 15) is 9.59 Å². The van der Waals surface area contributed by atoms with Gasteiger partial charge in [0.1, 0.15) is 6.04 Å². The molecule has 0 fully saturated rings. The fraction of sp³-hybridized carbons (Fsp3) is 0.375. The van der Waals surface area contributed by atoms with Crippen LogP contribution in [0.25, 0.3) is 6.08 Å². The van der Waals surface area contributed by atoms with Crippen molar-refractivity contribution in [3.63, 3.8) is 0 Å². The maximum Gasteiger partial charge on any atom is 0.244 e. The first-order chi connectivity index (χ1) is 9.58. The van der Waals surface area contributed by atoms with Crippen LogP contribution in [0, 0.1) is 0 Å². The fourth-order valence-electron chi connectivity index (χ4n) is 1.87. The third-order valence-corrected chi connectivity index (χ3v) is 3.03. The Balaban J connectivity index is 2.54. The van der Waals surface area contributed by atoms with Gasteiger partial charge in [0.2, 0.25) is 11.8 Å². The van der Waals surface area contributed by atoms with Crippen LogP contribution in [0.5, 0.6) is 0 Å². The number of carbonyl (C=O) groups excluding carboxylic acids is 2. The van der Waals surface area contributed by atoms with Crippen LogP contribution >= 0.6 is 0 Å². The molecule has 1 atom stereocenters. The van der Waals surface area contributed by atoms with E-state index >= 15 is 0 Å². The average molecular weight is 274 g/mol. The second-order valence-corrected chi connectivity index (χ2v) is 4.48. The SMILES string of the molecule is CCN(CC)C(=O)C(C)NC(=O)/C=C/c1ccccc1. The number of amides is 2. The Morgan fingerprint density at radius 1 is 1.20 bits per heavy atom. The zero-order valence-corrected chi connectivity index (χ0v) is 12.3. The molecule has 0 spiro atoms. The van der Waals surface area contributed by atoms with E-state index in [1.807, 2.05) is 44.2 Å². The number of nitrogens with zero attached hydrogens (tertiary/aromatic N) is 1. The molecule has 0 aliphatic carbocycles. The Morgan fingerprint density at radius 2 is 1.80 bits per heavy atom. The van der Waals surface area contributed by atoms with Crippen molar-refractivity contribution >= 4 is 17.9 Å². The summed E-state index contributed by atoms with van der Waals surface area (Å²) in [6.07, 6.45) is 3.17. The van der Waals surface area contributed by atoms with Gasteiger partial charge in [0.25, 0.3) is 0 Å². The number of hydrogen-bond donors (Lipinski definition) is 1. The van der Waals surface area contributed by atoms with Crippen molar-refractivity contribution in [2.45, 2.75) is 26.8 Å².